The third-order valence-electron chi connectivity index (χ3n) is 3.22. The average molecular weight is 300 g/mol. The van der Waals surface area contributed by atoms with E-state index in [1.54, 1.807) is 0 Å². The van der Waals surface area contributed by atoms with E-state index < -0.39 is 0 Å². The Kier molecular flexibility index (Phi) is 5.24. The van der Waals surface area contributed by atoms with Gasteiger partial charge in [0.25, 0.3) is 0 Å². The highest BCUT2D eigenvalue weighted by Gasteiger charge is 2.16. The van der Waals surface area contributed by atoms with Gasteiger partial charge in [-0.3, -0.25) is 0 Å². The number of hydrogen-bond donors (Lipinski definition) is 1. The molecule has 2 N–H and O–H groups in total. The molecular formula is C17H20N2OS. The molecule has 1 aromatic heterocycles. The first-order valence-corrected chi connectivity index (χ1v) is 8.07. The van der Waals surface area contributed by atoms with Crippen LogP contribution in [-0.2, 0) is 6.42 Å². The Morgan fingerprint density at radius 3 is 2.76 bits per heavy atom. The van der Waals surface area contributed by atoms with Crippen molar-refractivity contribution in [2.75, 3.05) is 12.3 Å². The first-order chi connectivity index (χ1) is 10.2. The molecule has 0 saturated heterocycles. The number of nitrogens with zero attached hydrogens (tertiary/aromatic N) is 1. The van der Waals surface area contributed by atoms with Crippen molar-refractivity contribution < 1.29 is 4.74 Å². The lowest BCUT2D eigenvalue weighted by Crippen LogP contribution is -1.95. The summed E-state index contributed by atoms with van der Waals surface area (Å²) in [5.41, 5.74) is 8.92. The zero-order valence-corrected chi connectivity index (χ0v) is 13.3. The van der Waals surface area contributed by atoms with E-state index in [1.165, 1.54) is 11.3 Å². The summed E-state index contributed by atoms with van der Waals surface area (Å²) < 4.78 is 5.69. The standard InChI is InChI=1S/C17H20N2OS/c1-3-6-14-16(19)15(11-18)21-17(14)12-7-5-8-13(10-12)20-9-4-2/h5,7-8,10H,3-4,6,9,19H2,1-2H3. The van der Waals surface area contributed by atoms with Crippen molar-refractivity contribution in [2.45, 2.75) is 33.1 Å². The molecule has 1 aromatic carbocycles. The number of hydrogen-bond acceptors (Lipinski definition) is 4. The Hall–Kier alpha value is -1.99. The van der Waals surface area contributed by atoms with Gasteiger partial charge in [-0.15, -0.1) is 11.3 Å². The number of benzene rings is 1. The molecule has 110 valence electrons. The van der Waals surface area contributed by atoms with Gasteiger partial charge in [-0.1, -0.05) is 32.4 Å². The van der Waals surface area contributed by atoms with Gasteiger partial charge in [0.1, 0.15) is 16.7 Å². The Balaban J connectivity index is 2.43. The first-order valence-electron chi connectivity index (χ1n) is 7.25. The van der Waals surface area contributed by atoms with Crippen LogP contribution in [0.15, 0.2) is 24.3 Å². The molecule has 0 fully saturated rings. The number of nitriles is 1. The summed E-state index contributed by atoms with van der Waals surface area (Å²) in [6, 6.07) is 10.2. The minimum absolute atomic E-state index is 0.605. The summed E-state index contributed by atoms with van der Waals surface area (Å²) in [6.45, 7) is 4.91. The second-order valence-corrected chi connectivity index (χ2v) is 5.91. The quantitative estimate of drug-likeness (QED) is 0.847. The van der Waals surface area contributed by atoms with Gasteiger partial charge in [0.2, 0.25) is 0 Å². The number of ether oxygens (including phenoxy) is 1. The number of rotatable bonds is 6. The van der Waals surface area contributed by atoms with Crippen molar-refractivity contribution in [3.05, 3.63) is 34.7 Å². The van der Waals surface area contributed by atoms with Crippen molar-refractivity contribution in [3.8, 4) is 22.3 Å². The highest BCUT2D eigenvalue weighted by molar-refractivity contribution is 7.16. The van der Waals surface area contributed by atoms with E-state index in [1.807, 2.05) is 24.3 Å². The number of nitrogens with two attached hydrogens (primary N) is 1. The fourth-order valence-corrected chi connectivity index (χ4v) is 3.30. The topological polar surface area (TPSA) is 59.0 Å². The number of nitrogen functional groups attached to an aromatic ring is 1. The van der Waals surface area contributed by atoms with Gasteiger partial charge < -0.3 is 10.5 Å². The lowest BCUT2D eigenvalue weighted by molar-refractivity contribution is 0.317. The summed E-state index contributed by atoms with van der Waals surface area (Å²) in [7, 11) is 0. The third-order valence-corrected chi connectivity index (χ3v) is 4.42. The van der Waals surface area contributed by atoms with E-state index in [0.717, 1.165) is 41.0 Å². The van der Waals surface area contributed by atoms with Crippen LogP contribution < -0.4 is 10.5 Å². The molecule has 0 atom stereocenters. The second-order valence-electron chi connectivity index (χ2n) is 4.89. The maximum Gasteiger partial charge on any atom is 0.128 e. The smallest absolute Gasteiger partial charge is 0.128 e. The number of anilines is 1. The van der Waals surface area contributed by atoms with Gasteiger partial charge in [-0.05, 0) is 36.1 Å². The lowest BCUT2D eigenvalue weighted by atomic mass is 10.0. The molecule has 0 radical (unpaired) electrons. The molecule has 1 heterocycles. The first kappa shape index (κ1) is 15.4. The van der Waals surface area contributed by atoms with Crippen LogP contribution in [0.4, 0.5) is 5.69 Å². The van der Waals surface area contributed by atoms with Crippen LogP contribution in [0.2, 0.25) is 0 Å². The molecule has 0 aliphatic heterocycles. The number of thiophene rings is 1. The van der Waals surface area contributed by atoms with Crippen LogP contribution >= 0.6 is 11.3 Å². The van der Waals surface area contributed by atoms with Crippen molar-refractivity contribution in [2.24, 2.45) is 0 Å². The molecule has 0 aliphatic carbocycles. The molecule has 0 unspecified atom stereocenters. The van der Waals surface area contributed by atoms with E-state index in [0.29, 0.717) is 17.2 Å². The molecule has 0 saturated carbocycles. The fraction of sp³-hybridized carbons (Fsp3) is 0.353. The minimum Gasteiger partial charge on any atom is -0.494 e. The summed E-state index contributed by atoms with van der Waals surface area (Å²) in [5, 5.41) is 9.20. The maximum absolute atomic E-state index is 9.20. The third kappa shape index (κ3) is 3.37. The van der Waals surface area contributed by atoms with Crippen LogP contribution in [-0.4, -0.2) is 6.61 Å². The van der Waals surface area contributed by atoms with Crippen LogP contribution in [0.25, 0.3) is 10.4 Å². The van der Waals surface area contributed by atoms with Gasteiger partial charge in [-0.25, -0.2) is 0 Å². The van der Waals surface area contributed by atoms with Gasteiger partial charge >= 0.3 is 0 Å². The van der Waals surface area contributed by atoms with Gasteiger partial charge in [0, 0.05) is 4.88 Å². The lowest BCUT2D eigenvalue weighted by Gasteiger charge is -2.08. The Morgan fingerprint density at radius 1 is 1.29 bits per heavy atom. The van der Waals surface area contributed by atoms with Crippen LogP contribution in [0.5, 0.6) is 5.75 Å². The van der Waals surface area contributed by atoms with Crippen molar-refractivity contribution >= 4 is 17.0 Å². The average Bonchev–Trinajstić information content (AvgIpc) is 2.83. The Labute approximate surface area is 130 Å². The summed E-state index contributed by atoms with van der Waals surface area (Å²) in [6.07, 6.45) is 2.88. The highest BCUT2D eigenvalue weighted by Crippen LogP contribution is 2.40. The van der Waals surface area contributed by atoms with Crippen molar-refractivity contribution in [3.63, 3.8) is 0 Å². The zero-order valence-electron chi connectivity index (χ0n) is 12.5. The maximum atomic E-state index is 9.20. The van der Waals surface area contributed by atoms with E-state index in [-0.39, 0.29) is 0 Å². The molecule has 2 rings (SSSR count). The second kappa shape index (κ2) is 7.14. The molecule has 0 aliphatic rings. The highest BCUT2D eigenvalue weighted by atomic mass is 32.1. The van der Waals surface area contributed by atoms with Crippen LogP contribution in [0, 0.1) is 11.3 Å². The predicted molar refractivity (Wildman–Crippen MR) is 88.7 cm³/mol. The molecule has 2 aromatic rings. The molecular weight excluding hydrogens is 280 g/mol. The fourth-order valence-electron chi connectivity index (χ4n) is 2.24. The predicted octanol–water partition coefficient (Wildman–Crippen LogP) is 4.61. The van der Waals surface area contributed by atoms with Crippen molar-refractivity contribution in [1.29, 1.82) is 5.26 Å². The SMILES string of the molecule is CCCOc1cccc(-c2sc(C#N)c(N)c2CCC)c1. The van der Waals surface area contributed by atoms with Gasteiger partial charge in [-0.2, -0.15) is 5.26 Å². The van der Waals surface area contributed by atoms with E-state index in [9.17, 15) is 5.26 Å². The Morgan fingerprint density at radius 2 is 2.10 bits per heavy atom. The van der Waals surface area contributed by atoms with Crippen molar-refractivity contribution in [1.82, 2.24) is 0 Å². The molecule has 21 heavy (non-hydrogen) atoms. The molecule has 3 nitrogen and oxygen atoms in total. The molecule has 0 bridgehead atoms. The largest absolute Gasteiger partial charge is 0.494 e. The summed E-state index contributed by atoms with van der Waals surface area (Å²) in [5.74, 6) is 0.863. The summed E-state index contributed by atoms with van der Waals surface area (Å²) >= 11 is 1.47. The van der Waals surface area contributed by atoms with Crippen LogP contribution in [0.1, 0.15) is 37.1 Å². The summed E-state index contributed by atoms with van der Waals surface area (Å²) in [4.78, 5) is 1.70. The van der Waals surface area contributed by atoms with E-state index >= 15 is 0 Å². The monoisotopic (exact) mass is 300 g/mol. The normalized spacial score (nSPS) is 10.3. The molecule has 4 heteroatoms. The minimum atomic E-state index is 0.605. The van der Waals surface area contributed by atoms with Gasteiger partial charge in [0.15, 0.2) is 0 Å². The van der Waals surface area contributed by atoms with E-state index in [4.69, 9.17) is 10.5 Å². The molecule has 0 amide bonds. The Bertz CT molecular complexity index is 655. The molecule has 0 spiro atoms. The van der Waals surface area contributed by atoms with E-state index in [2.05, 4.69) is 19.9 Å². The van der Waals surface area contributed by atoms with Crippen LogP contribution in [0.3, 0.4) is 0 Å². The van der Waals surface area contributed by atoms with Gasteiger partial charge in [0.05, 0.1) is 12.3 Å². The zero-order chi connectivity index (χ0) is 15.2.